The van der Waals surface area contributed by atoms with Crippen molar-refractivity contribution in [2.45, 2.75) is 24.8 Å². The Morgan fingerprint density at radius 2 is 1.88 bits per heavy atom. The van der Waals surface area contributed by atoms with Gasteiger partial charge in [0.25, 0.3) is 5.91 Å². The third-order valence-corrected chi connectivity index (χ3v) is 7.74. The third kappa shape index (κ3) is 3.02. The first-order chi connectivity index (χ1) is 16.5. The number of amides is 3. The number of carbonyl (C=O) groups is 3. The van der Waals surface area contributed by atoms with Crippen LogP contribution in [0.2, 0.25) is 0 Å². The number of carbonyl (C=O) groups excluding carboxylic acids is 3. The van der Waals surface area contributed by atoms with Gasteiger partial charge in [0.2, 0.25) is 0 Å². The topological polar surface area (TPSA) is 82.3 Å². The molecule has 1 aliphatic heterocycles. The number of rotatable bonds is 4. The van der Waals surface area contributed by atoms with Crippen LogP contribution in [0.5, 0.6) is 0 Å². The van der Waals surface area contributed by atoms with Gasteiger partial charge in [0, 0.05) is 21.3 Å². The number of halogens is 1. The van der Waals surface area contributed by atoms with Crippen molar-refractivity contribution in [3.8, 4) is 11.3 Å². The molecule has 2 N–H and O–H groups in total. The molecule has 6 nitrogen and oxygen atoms in total. The molecule has 6 rings (SSSR count). The molecule has 3 heterocycles. The summed E-state index contributed by atoms with van der Waals surface area (Å²) in [5.74, 6) is -1.12. The van der Waals surface area contributed by atoms with Gasteiger partial charge in [0.1, 0.15) is 11.4 Å². The minimum absolute atomic E-state index is 0.362. The second kappa shape index (κ2) is 7.63. The molecule has 1 atom stereocenters. The summed E-state index contributed by atoms with van der Waals surface area (Å²) < 4.78 is 13.5. The van der Waals surface area contributed by atoms with Crippen LogP contribution in [0, 0.1) is 5.82 Å². The number of hydrogen-bond acceptors (Lipinski definition) is 4. The Balaban J connectivity index is 1.38. The Morgan fingerprint density at radius 1 is 1.09 bits per heavy atom. The van der Waals surface area contributed by atoms with Gasteiger partial charge in [-0.05, 0) is 66.6 Å². The second-order valence-corrected chi connectivity index (χ2v) is 9.69. The molecule has 2 aliphatic rings. The number of fused-ring (bicyclic) bond motifs is 3. The molecule has 2 aromatic heterocycles. The monoisotopic (exact) mass is 473 g/mol. The fourth-order valence-corrected chi connectivity index (χ4v) is 6.17. The van der Waals surface area contributed by atoms with E-state index in [2.05, 4.69) is 10.3 Å². The van der Waals surface area contributed by atoms with Crippen LogP contribution in [0.25, 0.3) is 22.2 Å². The van der Waals surface area contributed by atoms with Gasteiger partial charge >= 0.3 is 6.03 Å². The van der Waals surface area contributed by atoms with Gasteiger partial charge < -0.3 is 10.3 Å². The van der Waals surface area contributed by atoms with Gasteiger partial charge in [0.05, 0.1) is 17.8 Å². The van der Waals surface area contributed by atoms with Crippen molar-refractivity contribution in [2.75, 3.05) is 6.54 Å². The van der Waals surface area contributed by atoms with Crippen molar-refractivity contribution in [1.29, 1.82) is 0 Å². The van der Waals surface area contributed by atoms with E-state index in [0.29, 0.717) is 28.6 Å². The average molecular weight is 474 g/mol. The van der Waals surface area contributed by atoms with Gasteiger partial charge in [-0.25, -0.2) is 9.18 Å². The van der Waals surface area contributed by atoms with Crippen molar-refractivity contribution < 1.29 is 18.8 Å². The van der Waals surface area contributed by atoms with E-state index in [4.69, 9.17) is 0 Å². The van der Waals surface area contributed by atoms with E-state index >= 15 is 0 Å². The molecule has 1 fully saturated rings. The predicted octanol–water partition coefficient (Wildman–Crippen LogP) is 5.00. The molecular weight excluding hydrogens is 453 g/mol. The van der Waals surface area contributed by atoms with Crippen LogP contribution in [-0.2, 0) is 16.8 Å². The summed E-state index contributed by atoms with van der Waals surface area (Å²) in [6.45, 7) is -0.373. The van der Waals surface area contributed by atoms with Crippen molar-refractivity contribution in [3.63, 3.8) is 0 Å². The van der Waals surface area contributed by atoms with Gasteiger partial charge in [-0.1, -0.05) is 18.2 Å². The fraction of sp³-hybridized carbons (Fsp3) is 0.192. The lowest BCUT2D eigenvalue weighted by molar-refractivity contribution is -0.131. The predicted molar refractivity (Wildman–Crippen MR) is 127 cm³/mol. The van der Waals surface area contributed by atoms with Gasteiger partial charge in [0.15, 0.2) is 5.78 Å². The normalized spacial score (nSPS) is 19.6. The molecular formula is C26H20FN3O3S. The molecule has 8 heteroatoms. The van der Waals surface area contributed by atoms with Gasteiger partial charge in [-0.15, -0.1) is 11.3 Å². The lowest BCUT2D eigenvalue weighted by Gasteiger charge is -2.31. The number of thiophene rings is 1. The highest BCUT2D eigenvalue weighted by molar-refractivity contribution is 7.10. The molecule has 4 aromatic rings. The number of hydrogen-bond donors (Lipinski definition) is 2. The van der Waals surface area contributed by atoms with Crippen LogP contribution >= 0.6 is 11.3 Å². The van der Waals surface area contributed by atoms with Crippen LogP contribution in [0.4, 0.5) is 9.18 Å². The fourth-order valence-electron chi connectivity index (χ4n) is 5.17. The molecule has 34 heavy (non-hydrogen) atoms. The standard InChI is InChI=1S/C26H20FN3O3S/c27-16-9-7-15(8-10-16)23-22(17-4-1-2-5-19(17)28-23)20(31)14-30-24(32)26(29-25(30)33)12-3-6-21-18(26)11-13-34-21/h1-2,4-5,7-11,13,28H,3,6,12,14H2,(H,29,33)/t26-/m0/s1. The Labute approximate surface area is 198 Å². The molecule has 3 amide bonds. The average Bonchev–Trinajstić information content (AvgIpc) is 3.52. The van der Waals surface area contributed by atoms with Crippen LogP contribution in [0.15, 0.2) is 60.0 Å². The SMILES string of the molecule is O=C(CN1C(=O)N[C@]2(CCCc3sccc32)C1=O)c1c(-c2ccc(F)cc2)[nH]c2ccccc12. The van der Waals surface area contributed by atoms with E-state index < -0.39 is 11.6 Å². The number of aryl methyl sites for hydroxylation is 1. The summed E-state index contributed by atoms with van der Waals surface area (Å²) in [6.07, 6.45) is 2.19. The van der Waals surface area contributed by atoms with Crippen LogP contribution in [0.1, 0.15) is 33.6 Å². The lowest BCUT2D eigenvalue weighted by Crippen LogP contribution is -2.46. The van der Waals surface area contributed by atoms with E-state index in [-0.39, 0.29) is 24.1 Å². The maximum Gasteiger partial charge on any atom is 0.325 e. The number of imide groups is 1. The minimum Gasteiger partial charge on any atom is -0.354 e. The van der Waals surface area contributed by atoms with Crippen LogP contribution in [-0.4, -0.2) is 34.2 Å². The number of aromatic amines is 1. The maximum absolute atomic E-state index is 13.6. The number of nitrogens with one attached hydrogen (secondary N) is 2. The number of nitrogens with zero attached hydrogens (tertiary/aromatic N) is 1. The summed E-state index contributed by atoms with van der Waals surface area (Å²) in [5, 5.41) is 5.52. The molecule has 1 aliphatic carbocycles. The highest BCUT2D eigenvalue weighted by atomic mass is 32.1. The molecule has 0 bridgehead atoms. The smallest absolute Gasteiger partial charge is 0.325 e. The summed E-state index contributed by atoms with van der Waals surface area (Å²) in [6, 6.07) is 14.5. The van der Waals surface area contributed by atoms with E-state index in [1.165, 1.54) is 12.1 Å². The van der Waals surface area contributed by atoms with Crippen molar-refractivity contribution in [3.05, 3.63) is 81.8 Å². The third-order valence-electron chi connectivity index (χ3n) is 6.76. The first-order valence-electron chi connectivity index (χ1n) is 11.1. The molecule has 170 valence electrons. The Hall–Kier alpha value is -3.78. The van der Waals surface area contributed by atoms with Crippen molar-refractivity contribution in [2.24, 2.45) is 0 Å². The minimum atomic E-state index is -1.09. The van der Waals surface area contributed by atoms with Crippen LogP contribution in [0.3, 0.4) is 0 Å². The number of aromatic nitrogens is 1. The number of Topliss-reactive ketones (excluding diaryl/α,β-unsaturated/α-hetero) is 1. The Kier molecular flexibility index (Phi) is 4.67. The summed E-state index contributed by atoms with van der Waals surface area (Å²) >= 11 is 1.58. The quantitative estimate of drug-likeness (QED) is 0.323. The zero-order valence-electron chi connectivity index (χ0n) is 18.1. The van der Waals surface area contributed by atoms with E-state index in [1.54, 1.807) is 23.5 Å². The van der Waals surface area contributed by atoms with Crippen LogP contribution < -0.4 is 5.32 Å². The van der Waals surface area contributed by atoms with Crippen molar-refractivity contribution in [1.82, 2.24) is 15.2 Å². The first-order valence-corrected chi connectivity index (χ1v) is 12.0. The molecule has 1 saturated heterocycles. The highest BCUT2D eigenvalue weighted by Crippen LogP contribution is 2.42. The van der Waals surface area contributed by atoms with Gasteiger partial charge in [-0.3, -0.25) is 14.5 Å². The molecule has 0 radical (unpaired) electrons. The first kappa shape index (κ1) is 20.8. The molecule has 1 spiro atoms. The number of benzene rings is 2. The Morgan fingerprint density at radius 3 is 2.71 bits per heavy atom. The number of urea groups is 1. The van der Waals surface area contributed by atoms with Crippen molar-refractivity contribution >= 4 is 40.0 Å². The van der Waals surface area contributed by atoms with E-state index in [0.717, 1.165) is 33.7 Å². The van der Waals surface area contributed by atoms with E-state index in [9.17, 15) is 18.8 Å². The lowest BCUT2D eigenvalue weighted by atomic mass is 9.80. The number of H-pyrrole nitrogens is 1. The second-order valence-electron chi connectivity index (χ2n) is 8.69. The maximum atomic E-state index is 13.6. The van der Waals surface area contributed by atoms with E-state index in [1.807, 2.05) is 35.7 Å². The number of para-hydroxylation sites is 1. The summed E-state index contributed by atoms with van der Waals surface area (Å²) in [4.78, 5) is 45.5. The Bertz CT molecular complexity index is 1470. The zero-order valence-corrected chi connectivity index (χ0v) is 18.9. The zero-order chi connectivity index (χ0) is 23.4. The molecule has 0 saturated carbocycles. The number of ketones is 1. The molecule has 0 unspecified atom stereocenters. The highest BCUT2D eigenvalue weighted by Gasteiger charge is 2.54. The van der Waals surface area contributed by atoms with Gasteiger partial charge in [-0.2, -0.15) is 0 Å². The largest absolute Gasteiger partial charge is 0.354 e. The summed E-state index contributed by atoms with van der Waals surface area (Å²) in [5.41, 5.74) is 2.05. The molecule has 2 aromatic carbocycles. The summed E-state index contributed by atoms with van der Waals surface area (Å²) in [7, 11) is 0.